The Morgan fingerprint density at radius 1 is 1.32 bits per heavy atom. The third-order valence-electron chi connectivity index (χ3n) is 2.86. The lowest BCUT2D eigenvalue weighted by Crippen LogP contribution is -2.24. The number of anilines is 1. The second-order valence-electron chi connectivity index (χ2n) is 4.74. The van der Waals surface area contributed by atoms with Gasteiger partial charge in [-0.3, -0.25) is 9.48 Å². The van der Waals surface area contributed by atoms with E-state index in [1.54, 1.807) is 19.3 Å². The van der Waals surface area contributed by atoms with Gasteiger partial charge in [-0.2, -0.15) is 5.10 Å². The maximum atomic E-state index is 12.1. The van der Waals surface area contributed by atoms with Gasteiger partial charge in [0.1, 0.15) is 11.8 Å². The summed E-state index contributed by atoms with van der Waals surface area (Å²) in [6, 6.07) is 4.39. The molecule has 0 bridgehead atoms. The van der Waals surface area contributed by atoms with Crippen LogP contribution in [0.1, 0.15) is 18.5 Å². The first-order chi connectivity index (χ1) is 10.2. The minimum absolute atomic E-state index is 0.326. The summed E-state index contributed by atoms with van der Waals surface area (Å²) in [6.45, 7) is 3.52. The molecule has 0 saturated carbocycles. The van der Waals surface area contributed by atoms with Crippen molar-refractivity contribution in [1.82, 2.24) is 9.78 Å². The SMILES string of the molecule is Cc1cnn(C(C)C(=O)Nc2ccc(OC(F)(F)F)cc2)c1. The number of halogens is 3. The first kappa shape index (κ1) is 15.9. The molecule has 0 radical (unpaired) electrons. The van der Waals surface area contributed by atoms with Crippen molar-refractivity contribution in [2.24, 2.45) is 0 Å². The van der Waals surface area contributed by atoms with E-state index in [1.165, 1.54) is 16.8 Å². The van der Waals surface area contributed by atoms with Crippen molar-refractivity contribution in [3.8, 4) is 5.75 Å². The number of rotatable bonds is 4. The van der Waals surface area contributed by atoms with Crippen LogP contribution in [0, 0.1) is 6.92 Å². The molecule has 0 aliphatic carbocycles. The molecule has 1 aromatic carbocycles. The van der Waals surface area contributed by atoms with Crippen LogP contribution in [0.4, 0.5) is 18.9 Å². The zero-order chi connectivity index (χ0) is 16.3. The lowest BCUT2D eigenvalue weighted by atomic mass is 10.2. The molecular formula is C14H14F3N3O2. The highest BCUT2D eigenvalue weighted by Crippen LogP contribution is 2.24. The molecule has 0 aliphatic heterocycles. The maximum Gasteiger partial charge on any atom is 0.573 e. The summed E-state index contributed by atoms with van der Waals surface area (Å²) in [6.07, 6.45) is -1.38. The predicted molar refractivity (Wildman–Crippen MR) is 73.4 cm³/mol. The monoisotopic (exact) mass is 313 g/mol. The summed E-state index contributed by atoms with van der Waals surface area (Å²) in [7, 11) is 0. The molecule has 0 saturated heterocycles. The Morgan fingerprint density at radius 3 is 2.45 bits per heavy atom. The highest BCUT2D eigenvalue weighted by atomic mass is 19.4. The lowest BCUT2D eigenvalue weighted by molar-refractivity contribution is -0.274. The number of amides is 1. The van der Waals surface area contributed by atoms with E-state index in [4.69, 9.17) is 0 Å². The molecular weight excluding hydrogens is 299 g/mol. The van der Waals surface area contributed by atoms with Crippen molar-refractivity contribution >= 4 is 11.6 Å². The van der Waals surface area contributed by atoms with Crippen LogP contribution in [0.2, 0.25) is 0 Å². The second kappa shape index (κ2) is 6.08. The highest BCUT2D eigenvalue weighted by Gasteiger charge is 2.31. The fourth-order valence-corrected chi connectivity index (χ4v) is 1.75. The third-order valence-corrected chi connectivity index (χ3v) is 2.86. The first-order valence-corrected chi connectivity index (χ1v) is 6.42. The molecule has 1 N–H and O–H groups in total. The maximum absolute atomic E-state index is 12.1. The summed E-state index contributed by atoms with van der Waals surface area (Å²) in [4.78, 5) is 12.1. The van der Waals surface area contributed by atoms with E-state index in [0.717, 1.165) is 17.7 Å². The Morgan fingerprint density at radius 2 is 1.95 bits per heavy atom. The van der Waals surface area contributed by atoms with E-state index >= 15 is 0 Å². The molecule has 5 nitrogen and oxygen atoms in total. The summed E-state index contributed by atoms with van der Waals surface area (Å²) >= 11 is 0. The lowest BCUT2D eigenvalue weighted by Gasteiger charge is -2.13. The number of carbonyl (C=O) groups is 1. The first-order valence-electron chi connectivity index (χ1n) is 6.42. The molecule has 22 heavy (non-hydrogen) atoms. The number of aryl methyl sites for hydroxylation is 1. The van der Waals surface area contributed by atoms with Gasteiger partial charge in [-0.25, -0.2) is 0 Å². The van der Waals surface area contributed by atoms with Gasteiger partial charge in [-0.15, -0.1) is 13.2 Å². The molecule has 0 fully saturated rings. The molecule has 1 amide bonds. The van der Waals surface area contributed by atoms with Crippen LogP contribution in [0.5, 0.6) is 5.75 Å². The Kier molecular flexibility index (Phi) is 4.39. The molecule has 8 heteroatoms. The van der Waals surface area contributed by atoms with Crippen LogP contribution < -0.4 is 10.1 Å². The van der Waals surface area contributed by atoms with Crippen molar-refractivity contribution in [1.29, 1.82) is 0 Å². The van der Waals surface area contributed by atoms with Gasteiger partial charge in [0, 0.05) is 11.9 Å². The topological polar surface area (TPSA) is 56.2 Å². The van der Waals surface area contributed by atoms with Crippen LogP contribution in [0.25, 0.3) is 0 Å². The number of benzene rings is 1. The van der Waals surface area contributed by atoms with E-state index in [2.05, 4.69) is 15.2 Å². The van der Waals surface area contributed by atoms with E-state index in [0.29, 0.717) is 5.69 Å². The quantitative estimate of drug-likeness (QED) is 0.942. The molecule has 118 valence electrons. The number of hydrogen-bond donors (Lipinski definition) is 1. The molecule has 1 aromatic heterocycles. The molecule has 2 rings (SSSR count). The predicted octanol–water partition coefficient (Wildman–Crippen LogP) is 3.29. The fourth-order valence-electron chi connectivity index (χ4n) is 1.75. The van der Waals surface area contributed by atoms with Crippen molar-refractivity contribution in [3.05, 3.63) is 42.2 Å². The molecule has 0 aliphatic rings. The number of carbonyl (C=O) groups excluding carboxylic acids is 1. The average Bonchev–Trinajstić information content (AvgIpc) is 2.85. The number of nitrogens with zero attached hydrogens (tertiary/aromatic N) is 2. The van der Waals surface area contributed by atoms with Crippen molar-refractivity contribution in [3.63, 3.8) is 0 Å². The summed E-state index contributed by atoms with van der Waals surface area (Å²) < 4.78 is 41.4. The molecule has 1 unspecified atom stereocenters. The fraction of sp³-hybridized carbons (Fsp3) is 0.286. The summed E-state index contributed by atoms with van der Waals surface area (Å²) in [5.74, 6) is -0.672. The van der Waals surface area contributed by atoms with Gasteiger partial charge in [0.25, 0.3) is 0 Å². The summed E-state index contributed by atoms with van der Waals surface area (Å²) in [5.41, 5.74) is 1.29. The number of aromatic nitrogens is 2. The number of ether oxygens (including phenoxy) is 1. The van der Waals surface area contributed by atoms with Gasteiger partial charge in [-0.1, -0.05) is 0 Å². The van der Waals surface area contributed by atoms with Crippen LogP contribution in [-0.4, -0.2) is 22.1 Å². The Balaban J connectivity index is 2.00. The van der Waals surface area contributed by atoms with E-state index in [9.17, 15) is 18.0 Å². The zero-order valence-electron chi connectivity index (χ0n) is 11.9. The second-order valence-corrected chi connectivity index (χ2v) is 4.74. The van der Waals surface area contributed by atoms with Gasteiger partial charge >= 0.3 is 6.36 Å². The van der Waals surface area contributed by atoms with Crippen LogP contribution in [0.3, 0.4) is 0 Å². The van der Waals surface area contributed by atoms with Gasteiger partial charge < -0.3 is 10.1 Å². The largest absolute Gasteiger partial charge is 0.573 e. The Hall–Kier alpha value is -2.51. The number of hydrogen-bond acceptors (Lipinski definition) is 3. The minimum atomic E-state index is -4.74. The smallest absolute Gasteiger partial charge is 0.406 e. The van der Waals surface area contributed by atoms with Crippen molar-refractivity contribution < 1.29 is 22.7 Å². The van der Waals surface area contributed by atoms with Crippen LogP contribution in [0.15, 0.2) is 36.7 Å². The van der Waals surface area contributed by atoms with Gasteiger partial charge in [0.15, 0.2) is 0 Å². The van der Waals surface area contributed by atoms with E-state index in [-0.39, 0.29) is 11.7 Å². The molecule has 1 atom stereocenters. The van der Waals surface area contributed by atoms with E-state index in [1.807, 2.05) is 6.92 Å². The average molecular weight is 313 g/mol. The Labute approximate surface area is 124 Å². The molecule has 1 heterocycles. The Bertz CT molecular complexity index is 650. The zero-order valence-corrected chi connectivity index (χ0v) is 11.9. The van der Waals surface area contributed by atoms with Crippen LogP contribution >= 0.6 is 0 Å². The molecule has 0 spiro atoms. The summed E-state index contributed by atoms with van der Waals surface area (Å²) in [5, 5.41) is 6.65. The number of nitrogens with one attached hydrogen (secondary N) is 1. The van der Waals surface area contributed by atoms with E-state index < -0.39 is 12.4 Å². The van der Waals surface area contributed by atoms with Crippen molar-refractivity contribution in [2.75, 3.05) is 5.32 Å². The molecule has 2 aromatic rings. The third kappa shape index (κ3) is 4.24. The van der Waals surface area contributed by atoms with Gasteiger partial charge in [-0.05, 0) is 43.7 Å². The van der Waals surface area contributed by atoms with Crippen molar-refractivity contribution in [2.45, 2.75) is 26.3 Å². The van der Waals surface area contributed by atoms with Crippen LogP contribution in [-0.2, 0) is 4.79 Å². The van der Waals surface area contributed by atoms with Gasteiger partial charge in [0.2, 0.25) is 5.91 Å². The van der Waals surface area contributed by atoms with Gasteiger partial charge in [0.05, 0.1) is 6.20 Å². The normalized spacial score (nSPS) is 12.8. The number of alkyl halides is 3. The standard InChI is InChI=1S/C14H14F3N3O2/c1-9-7-18-20(8-9)10(2)13(21)19-11-3-5-12(6-4-11)22-14(15,16)17/h3-8,10H,1-2H3,(H,19,21). The highest BCUT2D eigenvalue weighted by molar-refractivity contribution is 5.93. The minimum Gasteiger partial charge on any atom is -0.406 e.